The van der Waals surface area contributed by atoms with Gasteiger partial charge in [-0.3, -0.25) is 0 Å². The molecule has 0 bridgehead atoms. The number of fused-ring (bicyclic) bond motifs is 1. The van der Waals surface area contributed by atoms with Crippen LogP contribution in [0.25, 0.3) is 11.3 Å². The molecule has 0 saturated heterocycles. The first-order valence-corrected chi connectivity index (χ1v) is 6.86. The minimum Gasteiger partial charge on any atom is -0.368 e. The second-order valence-corrected chi connectivity index (χ2v) is 5.28. The van der Waals surface area contributed by atoms with E-state index in [2.05, 4.69) is 23.0 Å². The highest BCUT2D eigenvalue weighted by Gasteiger charge is 2.23. The average Bonchev–Trinajstić information content (AvgIpc) is 2.48. The van der Waals surface area contributed by atoms with Crippen LogP contribution in [0, 0.1) is 11.3 Å². The summed E-state index contributed by atoms with van der Waals surface area (Å²) in [5.41, 5.74) is 10.7. The molecule has 1 aliphatic carbocycles. The molecule has 2 aromatic rings. The van der Waals surface area contributed by atoms with Gasteiger partial charge in [0.15, 0.2) is 0 Å². The number of anilines is 1. The van der Waals surface area contributed by atoms with Crippen LogP contribution in [0.1, 0.15) is 42.5 Å². The number of aromatic nitrogens is 2. The summed E-state index contributed by atoms with van der Waals surface area (Å²) in [6.45, 7) is 2.19. The van der Waals surface area contributed by atoms with Crippen LogP contribution >= 0.6 is 0 Å². The van der Waals surface area contributed by atoms with Gasteiger partial charge in [0.25, 0.3) is 0 Å². The number of hydrogen-bond acceptors (Lipinski definition) is 4. The van der Waals surface area contributed by atoms with E-state index in [9.17, 15) is 0 Å². The van der Waals surface area contributed by atoms with Gasteiger partial charge < -0.3 is 5.73 Å². The van der Waals surface area contributed by atoms with Crippen molar-refractivity contribution < 1.29 is 0 Å². The van der Waals surface area contributed by atoms with Crippen molar-refractivity contribution in [3.63, 3.8) is 0 Å². The molecule has 1 heterocycles. The van der Waals surface area contributed by atoms with Crippen LogP contribution in [0.4, 0.5) is 5.95 Å². The third kappa shape index (κ3) is 2.12. The minimum atomic E-state index is 0.330. The summed E-state index contributed by atoms with van der Waals surface area (Å²) in [6.07, 6.45) is 3.30. The third-order valence-corrected chi connectivity index (χ3v) is 3.87. The zero-order valence-corrected chi connectivity index (χ0v) is 11.4. The average molecular weight is 264 g/mol. The molecule has 0 spiro atoms. The third-order valence-electron chi connectivity index (χ3n) is 3.87. The van der Waals surface area contributed by atoms with Crippen molar-refractivity contribution in [3.8, 4) is 17.3 Å². The van der Waals surface area contributed by atoms with E-state index in [0.717, 1.165) is 36.2 Å². The lowest BCUT2D eigenvalue weighted by atomic mass is 9.86. The lowest BCUT2D eigenvalue weighted by Crippen LogP contribution is -2.14. The molecule has 2 N–H and O–H groups in total. The Kier molecular flexibility index (Phi) is 3.11. The summed E-state index contributed by atoms with van der Waals surface area (Å²) in [4.78, 5) is 8.86. The summed E-state index contributed by atoms with van der Waals surface area (Å²) in [7, 11) is 0. The van der Waals surface area contributed by atoms with E-state index in [-0.39, 0.29) is 0 Å². The standard InChI is InChI=1S/C16H16N4/c1-10-3-2-4-13-14(10)19-16(18)20-15(13)12-7-5-11(9-17)6-8-12/h5-8,10H,2-4H2,1H3,(H2,18,19,20). The quantitative estimate of drug-likeness (QED) is 0.859. The molecule has 100 valence electrons. The van der Waals surface area contributed by atoms with Crippen LogP contribution in [0.3, 0.4) is 0 Å². The first-order valence-electron chi connectivity index (χ1n) is 6.86. The van der Waals surface area contributed by atoms with Crippen LogP contribution in [0.15, 0.2) is 24.3 Å². The largest absolute Gasteiger partial charge is 0.368 e. The molecule has 1 unspecified atom stereocenters. The molecule has 0 radical (unpaired) electrons. The summed E-state index contributed by atoms with van der Waals surface area (Å²) in [5.74, 6) is 0.762. The van der Waals surface area contributed by atoms with E-state index < -0.39 is 0 Å². The lowest BCUT2D eigenvalue weighted by Gasteiger charge is -2.23. The Labute approximate surface area is 118 Å². The fourth-order valence-electron chi connectivity index (χ4n) is 2.84. The summed E-state index contributed by atoms with van der Waals surface area (Å²) < 4.78 is 0. The molecule has 1 aromatic carbocycles. The highest BCUT2D eigenvalue weighted by atomic mass is 15.0. The molecule has 3 rings (SSSR count). The summed E-state index contributed by atoms with van der Waals surface area (Å²) >= 11 is 0. The predicted molar refractivity (Wildman–Crippen MR) is 77.9 cm³/mol. The van der Waals surface area contributed by atoms with Crippen molar-refractivity contribution in [1.29, 1.82) is 5.26 Å². The Morgan fingerprint density at radius 2 is 2.00 bits per heavy atom. The molecule has 0 amide bonds. The molecular weight excluding hydrogens is 248 g/mol. The topological polar surface area (TPSA) is 75.6 Å². The van der Waals surface area contributed by atoms with Gasteiger partial charge >= 0.3 is 0 Å². The van der Waals surface area contributed by atoms with E-state index in [0.29, 0.717) is 17.4 Å². The van der Waals surface area contributed by atoms with Crippen molar-refractivity contribution in [2.45, 2.75) is 32.1 Å². The zero-order valence-electron chi connectivity index (χ0n) is 11.4. The molecule has 1 atom stereocenters. The Balaban J connectivity index is 2.15. The second-order valence-electron chi connectivity index (χ2n) is 5.28. The van der Waals surface area contributed by atoms with Crippen LogP contribution in [-0.2, 0) is 6.42 Å². The maximum Gasteiger partial charge on any atom is 0.220 e. The Bertz CT molecular complexity index is 683. The van der Waals surface area contributed by atoms with Crippen molar-refractivity contribution in [2.24, 2.45) is 0 Å². The Hall–Kier alpha value is -2.41. The number of hydrogen-bond donors (Lipinski definition) is 1. The minimum absolute atomic E-state index is 0.330. The molecule has 4 heteroatoms. The number of benzene rings is 1. The normalized spacial score (nSPS) is 17.3. The van der Waals surface area contributed by atoms with Crippen LogP contribution in [0.5, 0.6) is 0 Å². The highest BCUT2D eigenvalue weighted by molar-refractivity contribution is 5.66. The number of rotatable bonds is 1. The van der Waals surface area contributed by atoms with E-state index in [1.807, 2.05) is 24.3 Å². The molecule has 0 saturated carbocycles. The molecule has 0 aliphatic heterocycles. The number of nitriles is 1. The zero-order chi connectivity index (χ0) is 14.1. The number of nitrogens with zero attached hydrogens (tertiary/aromatic N) is 3. The van der Waals surface area contributed by atoms with Gasteiger partial charge in [-0.2, -0.15) is 5.26 Å². The van der Waals surface area contributed by atoms with Crippen LogP contribution < -0.4 is 5.73 Å². The van der Waals surface area contributed by atoms with Crippen molar-refractivity contribution >= 4 is 5.95 Å². The first kappa shape index (κ1) is 12.6. The van der Waals surface area contributed by atoms with E-state index in [1.165, 1.54) is 5.56 Å². The van der Waals surface area contributed by atoms with E-state index in [1.54, 1.807) is 0 Å². The summed E-state index contributed by atoms with van der Waals surface area (Å²) in [5, 5.41) is 8.87. The van der Waals surface area contributed by atoms with Gasteiger partial charge in [0.2, 0.25) is 5.95 Å². The van der Waals surface area contributed by atoms with Gasteiger partial charge in [-0.25, -0.2) is 9.97 Å². The van der Waals surface area contributed by atoms with Crippen molar-refractivity contribution in [2.75, 3.05) is 5.73 Å². The van der Waals surface area contributed by atoms with Gasteiger partial charge in [0.1, 0.15) is 0 Å². The predicted octanol–water partition coefficient (Wildman–Crippen LogP) is 3.04. The maximum absolute atomic E-state index is 8.87. The SMILES string of the molecule is CC1CCCc2c(-c3ccc(C#N)cc3)nc(N)nc21. The van der Waals surface area contributed by atoms with Gasteiger partial charge in [0, 0.05) is 11.1 Å². The molecule has 4 nitrogen and oxygen atoms in total. The second kappa shape index (κ2) is 4.93. The lowest BCUT2D eigenvalue weighted by molar-refractivity contribution is 0.572. The monoisotopic (exact) mass is 264 g/mol. The molecule has 0 fully saturated rings. The summed E-state index contributed by atoms with van der Waals surface area (Å²) in [6, 6.07) is 9.61. The van der Waals surface area contributed by atoms with Gasteiger partial charge in [-0.15, -0.1) is 0 Å². The first-order chi connectivity index (χ1) is 9.69. The number of nitrogens with two attached hydrogens (primary N) is 1. The van der Waals surface area contributed by atoms with Gasteiger partial charge in [0.05, 0.1) is 23.0 Å². The van der Waals surface area contributed by atoms with Crippen LogP contribution in [-0.4, -0.2) is 9.97 Å². The smallest absolute Gasteiger partial charge is 0.220 e. The van der Waals surface area contributed by atoms with Gasteiger partial charge in [-0.05, 0) is 37.3 Å². The van der Waals surface area contributed by atoms with Gasteiger partial charge in [-0.1, -0.05) is 19.1 Å². The van der Waals surface area contributed by atoms with E-state index in [4.69, 9.17) is 11.0 Å². The van der Waals surface area contributed by atoms with Crippen molar-refractivity contribution in [3.05, 3.63) is 41.1 Å². The van der Waals surface area contributed by atoms with Crippen molar-refractivity contribution in [1.82, 2.24) is 9.97 Å². The fraction of sp³-hybridized carbons (Fsp3) is 0.312. The molecule has 20 heavy (non-hydrogen) atoms. The maximum atomic E-state index is 8.87. The molecular formula is C16H16N4. The van der Waals surface area contributed by atoms with Crippen LogP contribution in [0.2, 0.25) is 0 Å². The highest BCUT2D eigenvalue weighted by Crippen LogP contribution is 2.35. The Morgan fingerprint density at radius 1 is 1.25 bits per heavy atom. The molecule has 1 aliphatic rings. The Morgan fingerprint density at radius 3 is 2.70 bits per heavy atom. The van der Waals surface area contributed by atoms with E-state index >= 15 is 0 Å². The molecule has 1 aromatic heterocycles. The number of nitrogen functional groups attached to an aromatic ring is 1. The fourth-order valence-corrected chi connectivity index (χ4v) is 2.84.